The molecule has 0 aliphatic rings. The first-order chi connectivity index (χ1) is 8.90. The molecule has 0 saturated carbocycles. The lowest BCUT2D eigenvalue weighted by molar-refractivity contribution is 0.0697. The molecule has 0 spiro atoms. The highest BCUT2D eigenvalue weighted by atomic mass is 19.2. The summed E-state index contributed by atoms with van der Waals surface area (Å²) >= 11 is 0. The number of rotatable bonds is 2. The van der Waals surface area contributed by atoms with Gasteiger partial charge in [-0.1, -0.05) is 18.2 Å². The summed E-state index contributed by atoms with van der Waals surface area (Å²) in [6, 6.07) is 7.36. The van der Waals surface area contributed by atoms with Gasteiger partial charge in [0.15, 0.2) is 11.6 Å². The molecule has 2 aromatic carbocycles. The highest BCUT2D eigenvalue weighted by Crippen LogP contribution is 2.27. The van der Waals surface area contributed by atoms with Crippen LogP contribution in [0.3, 0.4) is 0 Å². The Kier molecular flexibility index (Phi) is 3.34. The van der Waals surface area contributed by atoms with Crippen molar-refractivity contribution >= 4 is 5.97 Å². The fourth-order valence-corrected chi connectivity index (χ4v) is 1.93. The minimum atomic E-state index is -1.10. The summed E-state index contributed by atoms with van der Waals surface area (Å²) in [5, 5.41) is 8.98. The lowest BCUT2D eigenvalue weighted by atomic mass is 9.98. The van der Waals surface area contributed by atoms with Crippen molar-refractivity contribution in [2.75, 3.05) is 0 Å². The minimum absolute atomic E-state index is 0.0513. The molecular formula is C15H12F2O2. The lowest BCUT2D eigenvalue weighted by Gasteiger charge is -2.08. The smallest absolute Gasteiger partial charge is 0.335 e. The largest absolute Gasteiger partial charge is 0.478 e. The van der Waals surface area contributed by atoms with Gasteiger partial charge in [0.25, 0.3) is 0 Å². The molecular weight excluding hydrogens is 250 g/mol. The Morgan fingerprint density at radius 1 is 1.05 bits per heavy atom. The van der Waals surface area contributed by atoms with Crippen molar-refractivity contribution in [2.45, 2.75) is 13.8 Å². The maximum Gasteiger partial charge on any atom is 0.335 e. The van der Waals surface area contributed by atoms with E-state index in [0.717, 1.165) is 0 Å². The maximum atomic E-state index is 13.9. The third-order valence-corrected chi connectivity index (χ3v) is 2.91. The van der Waals surface area contributed by atoms with Gasteiger partial charge in [-0.05, 0) is 42.7 Å². The average molecular weight is 262 g/mol. The van der Waals surface area contributed by atoms with E-state index in [4.69, 9.17) is 5.11 Å². The van der Waals surface area contributed by atoms with E-state index in [1.807, 2.05) is 0 Å². The molecule has 0 bridgehead atoms. The predicted octanol–water partition coefficient (Wildman–Crippen LogP) is 3.95. The molecule has 0 radical (unpaired) electrons. The van der Waals surface area contributed by atoms with Gasteiger partial charge < -0.3 is 5.11 Å². The highest BCUT2D eigenvalue weighted by Gasteiger charge is 2.14. The number of carbonyl (C=O) groups is 1. The zero-order valence-electron chi connectivity index (χ0n) is 10.5. The van der Waals surface area contributed by atoms with Crippen LogP contribution in [0.4, 0.5) is 8.78 Å². The molecule has 0 atom stereocenters. The van der Waals surface area contributed by atoms with Crippen LogP contribution < -0.4 is 0 Å². The van der Waals surface area contributed by atoms with Crippen molar-refractivity contribution in [2.24, 2.45) is 0 Å². The van der Waals surface area contributed by atoms with Crippen LogP contribution in [0, 0.1) is 25.5 Å². The van der Waals surface area contributed by atoms with E-state index in [9.17, 15) is 13.6 Å². The van der Waals surface area contributed by atoms with Crippen molar-refractivity contribution in [3.8, 4) is 11.1 Å². The number of aromatic carboxylic acids is 1. The normalized spacial score (nSPS) is 10.5. The SMILES string of the molecule is Cc1cc(C(=O)O)cc(-c2ccc(C)c(F)c2F)c1. The number of carboxylic acid groups (broad SMARTS) is 1. The second kappa shape index (κ2) is 4.80. The van der Waals surface area contributed by atoms with Gasteiger partial charge in [0.1, 0.15) is 0 Å². The number of halogens is 2. The number of benzene rings is 2. The molecule has 0 saturated heterocycles. The van der Waals surface area contributed by atoms with Gasteiger partial charge in [-0.3, -0.25) is 0 Å². The summed E-state index contributed by atoms with van der Waals surface area (Å²) in [5.41, 5.74) is 1.36. The Morgan fingerprint density at radius 3 is 2.37 bits per heavy atom. The zero-order valence-corrected chi connectivity index (χ0v) is 10.5. The van der Waals surface area contributed by atoms with E-state index in [2.05, 4.69) is 0 Å². The number of hydrogen-bond donors (Lipinski definition) is 1. The van der Waals surface area contributed by atoms with Crippen LogP contribution >= 0.6 is 0 Å². The average Bonchev–Trinajstić information content (AvgIpc) is 2.35. The van der Waals surface area contributed by atoms with Crippen LogP contribution in [0.5, 0.6) is 0 Å². The Balaban J connectivity index is 2.65. The van der Waals surface area contributed by atoms with Gasteiger partial charge in [-0.25, -0.2) is 13.6 Å². The number of carboxylic acids is 1. The van der Waals surface area contributed by atoms with E-state index < -0.39 is 17.6 Å². The molecule has 0 amide bonds. The third kappa shape index (κ3) is 2.47. The van der Waals surface area contributed by atoms with Crippen LogP contribution in [0.1, 0.15) is 21.5 Å². The standard InChI is InChI=1S/C15H12F2O2/c1-8-5-10(7-11(6-8)15(18)19)12-4-3-9(2)13(16)14(12)17/h3-7H,1-2H3,(H,18,19). The summed E-state index contributed by atoms with van der Waals surface area (Å²) in [4.78, 5) is 11.0. The van der Waals surface area contributed by atoms with Gasteiger partial charge in [-0.15, -0.1) is 0 Å². The van der Waals surface area contributed by atoms with Crippen LogP contribution in [0.15, 0.2) is 30.3 Å². The Labute approximate surface area is 109 Å². The summed E-state index contributed by atoms with van der Waals surface area (Å²) in [5.74, 6) is -2.96. The van der Waals surface area contributed by atoms with Crippen molar-refractivity contribution < 1.29 is 18.7 Å². The Morgan fingerprint density at radius 2 is 1.74 bits per heavy atom. The minimum Gasteiger partial charge on any atom is -0.478 e. The molecule has 4 heteroatoms. The first-order valence-electron chi connectivity index (χ1n) is 5.70. The van der Waals surface area contributed by atoms with Gasteiger partial charge in [0.05, 0.1) is 5.56 Å². The number of aryl methyl sites for hydroxylation is 2. The fourth-order valence-electron chi connectivity index (χ4n) is 1.93. The lowest BCUT2D eigenvalue weighted by Crippen LogP contribution is -1.99. The van der Waals surface area contributed by atoms with E-state index in [0.29, 0.717) is 11.1 Å². The molecule has 0 aliphatic carbocycles. The molecule has 98 valence electrons. The second-order valence-corrected chi connectivity index (χ2v) is 4.45. The van der Waals surface area contributed by atoms with Crippen molar-refractivity contribution in [1.29, 1.82) is 0 Å². The van der Waals surface area contributed by atoms with Crippen molar-refractivity contribution in [3.05, 3.63) is 58.7 Å². The first kappa shape index (κ1) is 13.2. The fraction of sp³-hybridized carbons (Fsp3) is 0.133. The quantitative estimate of drug-likeness (QED) is 0.889. The van der Waals surface area contributed by atoms with Gasteiger partial charge in [0, 0.05) is 5.56 Å². The van der Waals surface area contributed by atoms with Crippen molar-refractivity contribution in [1.82, 2.24) is 0 Å². The Bertz CT molecular complexity index is 663. The highest BCUT2D eigenvalue weighted by molar-refractivity contribution is 5.89. The van der Waals surface area contributed by atoms with E-state index in [-0.39, 0.29) is 16.7 Å². The second-order valence-electron chi connectivity index (χ2n) is 4.45. The third-order valence-electron chi connectivity index (χ3n) is 2.91. The summed E-state index contributed by atoms with van der Waals surface area (Å²) in [6.45, 7) is 3.18. The molecule has 2 aromatic rings. The van der Waals surface area contributed by atoms with Crippen LogP contribution in [-0.2, 0) is 0 Å². The predicted molar refractivity (Wildman–Crippen MR) is 68.2 cm³/mol. The molecule has 0 unspecified atom stereocenters. The van der Waals surface area contributed by atoms with Crippen LogP contribution in [0.2, 0.25) is 0 Å². The first-order valence-corrected chi connectivity index (χ1v) is 5.70. The topological polar surface area (TPSA) is 37.3 Å². The number of hydrogen-bond acceptors (Lipinski definition) is 1. The molecule has 0 heterocycles. The molecule has 1 N–H and O–H groups in total. The molecule has 0 aromatic heterocycles. The summed E-state index contributed by atoms with van der Waals surface area (Å²) < 4.78 is 27.4. The van der Waals surface area contributed by atoms with Gasteiger partial charge in [0.2, 0.25) is 0 Å². The van der Waals surface area contributed by atoms with Crippen molar-refractivity contribution in [3.63, 3.8) is 0 Å². The van der Waals surface area contributed by atoms with Crippen LogP contribution in [-0.4, -0.2) is 11.1 Å². The summed E-state index contributed by atoms with van der Waals surface area (Å²) in [6.07, 6.45) is 0. The molecule has 19 heavy (non-hydrogen) atoms. The summed E-state index contributed by atoms with van der Waals surface area (Å²) in [7, 11) is 0. The van der Waals surface area contributed by atoms with E-state index in [1.165, 1.54) is 31.2 Å². The monoisotopic (exact) mass is 262 g/mol. The maximum absolute atomic E-state index is 13.9. The van der Waals surface area contributed by atoms with E-state index >= 15 is 0 Å². The van der Waals surface area contributed by atoms with Gasteiger partial charge in [-0.2, -0.15) is 0 Å². The molecule has 0 aliphatic heterocycles. The molecule has 2 nitrogen and oxygen atoms in total. The van der Waals surface area contributed by atoms with E-state index in [1.54, 1.807) is 13.0 Å². The van der Waals surface area contributed by atoms with Gasteiger partial charge >= 0.3 is 5.97 Å². The Hall–Kier alpha value is -2.23. The molecule has 0 fully saturated rings. The van der Waals surface area contributed by atoms with Crippen LogP contribution in [0.25, 0.3) is 11.1 Å². The zero-order chi connectivity index (χ0) is 14.2. The molecule has 2 rings (SSSR count).